The van der Waals surface area contributed by atoms with Crippen LogP contribution in [-0.2, 0) is 10.0 Å². The second-order valence-corrected chi connectivity index (χ2v) is 5.91. The van der Waals surface area contributed by atoms with E-state index in [0.717, 1.165) is 0 Å². The number of rotatable bonds is 3. The van der Waals surface area contributed by atoms with Crippen LogP contribution in [0.25, 0.3) is 0 Å². The number of hydrogen-bond donors (Lipinski definition) is 2. The van der Waals surface area contributed by atoms with Gasteiger partial charge in [-0.15, -0.1) is 0 Å². The highest BCUT2D eigenvalue weighted by Gasteiger charge is 2.15. The summed E-state index contributed by atoms with van der Waals surface area (Å²) in [5.41, 5.74) is 1.69. The van der Waals surface area contributed by atoms with Crippen molar-refractivity contribution in [3.05, 3.63) is 53.9 Å². The molecule has 2 N–H and O–H groups in total. The lowest BCUT2D eigenvalue weighted by Crippen LogP contribution is -2.14. The molecule has 0 aliphatic carbocycles. The van der Waals surface area contributed by atoms with Crippen molar-refractivity contribution in [3.8, 4) is 11.8 Å². The lowest BCUT2D eigenvalue weighted by Gasteiger charge is -2.09. The fraction of sp³-hybridized carbons (Fsp3) is 0.133. The molecule has 0 aliphatic rings. The summed E-state index contributed by atoms with van der Waals surface area (Å²) in [6, 6.07) is 9.44. The molecule has 0 saturated carbocycles. The van der Waals surface area contributed by atoms with E-state index in [2.05, 4.69) is 21.5 Å². The summed E-state index contributed by atoms with van der Waals surface area (Å²) < 4.78 is 27.0. The number of aryl methyl sites for hydroxylation is 1. The van der Waals surface area contributed by atoms with Gasteiger partial charge in [0.1, 0.15) is 6.61 Å². The van der Waals surface area contributed by atoms with E-state index in [9.17, 15) is 8.42 Å². The molecule has 1 aromatic carbocycles. The van der Waals surface area contributed by atoms with Gasteiger partial charge in [0.2, 0.25) is 0 Å². The third kappa shape index (κ3) is 3.81. The van der Waals surface area contributed by atoms with E-state index in [1.54, 1.807) is 37.4 Å². The molecule has 0 atom stereocenters. The molecule has 21 heavy (non-hydrogen) atoms. The number of aliphatic hydroxyl groups excluding tert-OH is 1. The van der Waals surface area contributed by atoms with Crippen LogP contribution in [-0.4, -0.2) is 25.1 Å². The van der Waals surface area contributed by atoms with Gasteiger partial charge in [-0.2, -0.15) is 0 Å². The number of aliphatic hydroxyl groups is 1. The number of nitrogens with one attached hydrogen (secondary N) is 1. The number of pyridine rings is 1. The molecule has 5 nitrogen and oxygen atoms in total. The molecule has 1 aromatic heterocycles. The van der Waals surface area contributed by atoms with Crippen molar-refractivity contribution in [3.63, 3.8) is 0 Å². The highest BCUT2D eigenvalue weighted by atomic mass is 32.2. The standard InChI is InChI=1S/C15H14N2O3S/c1-12-15(5-2-10-16-12)17-21(19,20)14-8-6-13(7-9-14)4-3-11-18/h2,5-10,17-18H,11H2,1H3. The largest absolute Gasteiger partial charge is 0.384 e. The van der Waals surface area contributed by atoms with E-state index in [0.29, 0.717) is 16.9 Å². The van der Waals surface area contributed by atoms with Gasteiger partial charge in [-0.25, -0.2) is 8.42 Å². The molecule has 6 heteroatoms. The van der Waals surface area contributed by atoms with Crippen LogP contribution in [0.4, 0.5) is 5.69 Å². The minimum absolute atomic E-state index is 0.139. The van der Waals surface area contributed by atoms with Crippen molar-refractivity contribution in [1.29, 1.82) is 0 Å². The second-order valence-electron chi connectivity index (χ2n) is 4.23. The topological polar surface area (TPSA) is 79.3 Å². The third-order valence-corrected chi connectivity index (χ3v) is 4.11. The average Bonchev–Trinajstić information content (AvgIpc) is 2.48. The van der Waals surface area contributed by atoms with Gasteiger partial charge < -0.3 is 5.11 Å². The summed E-state index contributed by atoms with van der Waals surface area (Å²) >= 11 is 0. The van der Waals surface area contributed by atoms with Crippen molar-refractivity contribution in [2.75, 3.05) is 11.3 Å². The third-order valence-electron chi connectivity index (χ3n) is 2.73. The van der Waals surface area contributed by atoms with Gasteiger partial charge >= 0.3 is 0 Å². The van der Waals surface area contributed by atoms with Gasteiger partial charge in [-0.05, 0) is 43.3 Å². The monoisotopic (exact) mass is 302 g/mol. The van der Waals surface area contributed by atoms with Crippen LogP contribution in [0.3, 0.4) is 0 Å². The minimum atomic E-state index is -3.66. The van der Waals surface area contributed by atoms with E-state index < -0.39 is 10.0 Å². The first kappa shape index (κ1) is 15.0. The zero-order chi connectivity index (χ0) is 15.3. The molecular formula is C15H14N2O3S. The summed E-state index contributed by atoms with van der Waals surface area (Å²) in [7, 11) is -3.66. The zero-order valence-electron chi connectivity index (χ0n) is 11.4. The lowest BCUT2D eigenvalue weighted by atomic mass is 10.2. The Hall–Kier alpha value is -2.36. The van der Waals surface area contributed by atoms with Gasteiger partial charge in [-0.1, -0.05) is 11.8 Å². The normalized spacial score (nSPS) is 10.6. The first-order valence-electron chi connectivity index (χ1n) is 6.17. The van der Waals surface area contributed by atoms with E-state index in [4.69, 9.17) is 5.11 Å². The highest BCUT2D eigenvalue weighted by molar-refractivity contribution is 7.92. The quantitative estimate of drug-likeness (QED) is 0.843. The van der Waals surface area contributed by atoms with Crippen molar-refractivity contribution >= 4 is 15.7 Å². The Morgan fingerprint density at radius 2 is 1.95 bits per heavy atom. The fourth-order valence-electron chi connectivity index (χ4n) is 1.65. The molecule has 0 radical (unpaired) electrons. The number of anilines is 1. The Morgan fingerprint density at radius 1 is 1.24 bits per heavy atom. The highest BCUT2D eigenvalue weighted by Crippen LogP contribution is 2.18. The van der Waals surface area contributed by atoms with Crippen molar-refractivity contribution < 1.29 is 13.5 Å². The molecule has 0 unspecified atom stereocenters. The number of aromatic nitrogens is 1. The Balaban J connectivity index is 2.26. The van der Waals surface area contributed by atoms with E-state index in [-0.39, 0.29) is 11.5 Å². The molecule has 2 aromatic rings. The number of benzene rings is 1. The van der Waals surface area contributed by atoms with Crippen molar-refractivity contribution in [2.24, 2.45) is 0 Å². The van der Waals surface area contributed by atoms with Gasteiger partial charge in [0.25, 0.3) is 10.0 Å². The Morgan fingerprint density at radius 3 is 2.57 bits per heavy atom. The molecule has 0 fully saturated rings. The number of sulfonamides is 1. The Kier molecular flexibility index (Phi) is 4.58. The summed E-state index contributed by atoms with van der Waals surface area (Å²) in [4.78, 5) is 4.18. The predicted molar refractivity (Wildman–Crippen MR) is 80.2 cm³/mol. The van der Waals surface area contributed by atoms with Crippen LogP contribution in [0.1, 0.15) is 11.3 Å². The maximum absolute atomic E-state index is 12.3. The van der Waals surface area contributed by atoms with Crippen LogP contribution in [0.2, 0.25) is 0 Å². The summed E-state index contributed by atoms with van der Waals surface area (Å²) in [5, 5.41) is 8.62. The van der Waals surface area contributed by atoms with Crippen molar-refractivity contribution in [2.45, 2.75) is 11.8 Å². The molecule has 1 heterocycles. The Bertz CT molecular complexity index is 788. The van der Waals surface area contributed by atoms with Crippen LogP contribution in [0.15, 0.2) is 47.5 Å². The van der Waals surface area contributed by atoms with E-state index in [1.165, 1.54) is 12.1 Å². The maximum atomic E-state index is 12.3. The molecule has 0 aliphatic heterocycles. The van der Waals surface area contributed by atoms with Crippen LogP contribution >= 0.6 is 0 Å². The SMILES string of the molecule is Cc1ncccc1NS(=O)(=O)c1ccc(C#CCO)cc1. The van der Waals surface area contributed by atoms with E-state index in [1.807, 2.05) is 0 Å². The van der Waals surface area contributed by atoms with Gasteiger partial charge in [0.15, 0.2) is 0 Å². The first-order chi connectivity index (χ1) is 10.0. The zero-order valence-corrected chi connectivity index (χ0v) is 12.2. The number of nitrogens with zero attached hydrogens (tertiary/aromatic N) is 1. The lowest BCUT2D eigenvalue weighted by molar-refractivity contribution is 0.350. The van der Waals surface area contributed by atoms with Crippen LogP contribution in [0, 0.1) is 18.8 Å². The molecule has 0 saturated heterocycles. The molecule has 0 amide bonds. The molecule has 0 bridgehead atoms. The molecular weight excluding hydrogens is 288 g/mol. The van der Waals surface area contributed by atoms with Gasteiger partial charge in [0.05, 0.1) is 16.3 Å². The summed E-state index contributed by atoms with van der Waals surface area (Å²) in [6.07, 6.45) is 1.60. The summed E-state index contributed by atoms with van der Waals surface area (Å²) in [5.74, 6) is 5.21. The molecule has 0 spiro atoms. The molecule has 108 valence electrons. The smallest absolute Gasteiger partial charge is 0.261 e. The van der Waals surface area contributed by atoms with Crippen LogP contribution in [0.5, 0.6) is 0 Å². The molecule has 2 rings (SSSR count). The second kappa shape index (κ2) is 6.39. The van der Waals surface area contributed by atoms with E-state index >= 15 is 0 Å². The maximum Gasteiger partial charge on any atom is 0.261 e. The number of hydrogen-bond acceptors (Lipinski definition) is 4. The van der Waals surface area contributed by atoms with Gasteiger partial charge in [-0.3, -0.25) is 9.71 Å². The average molecular weight is 302 g/mol. The first-order valence-corrected chi connectivity index (χ1v) is 7.65. The fourth-order valence-corrected chi connectivity index (χ4v) is 2.77. The minimum Gasteiger partial charge on any atom is -0.384 e. The predicted octanol–water partition coefficient (Wildman–Crippen LogP) is 1.53. The van der Waals surface area contributed by atoms with Gasteiger partial charge in [0, 0.05) is 11.8 Å². The van der Waals surface area contributed by atoms with Crippen molar-refractivity contribution in [1.82, 2.24) is 4.98 Å². The van der Waals surface area contributed by atoms with Crippen LogP contribution < -0.4 is 4.72 Å². The Labute approximate surface area is 123 Å². The summed E-state index contributed by atoms with van der Waals surface area (Å²) in [6.45, 7) is 1.49.